The Balaban J connectivity index is 0.00000273. The number of amides is 1. The molecule has 5 aliphatic rings. The molecule has 65 heavy (non-hydrogen) atoms. The van der Waals surface area contributed by atoms with Crippen molar-refractivity contribution in [1.82, 2.24) is 10.2 Å². The topological polar surface area (TPSA) is 157 Å². The van der Waals surface area contributed by atoms with E-state index in [0.29, 0.717) is 50.7 Å². The molecule has 0 aromatic rings. The number of carbonyl (C=O) groups excluding carboxylic acids is 3. The quantitative estimate of drug-likeness (QED) is 0.0821. The highest BCUT2D eigenvalue weighted by Gasteiger charge is 2.64. The Kier molecular flexibility index (Phi) is 20.7. The highest BCUT2D eigenvalue weighted by Crippen LogP contribution is 2.67. The van der Waals surface area contributed by atoms with Gasteiger partial charge in [-0.05, 0) is 138 Å². The summed E-state index contributed by atoms with van der Waals surface area (Å²) in [4.78, 5) is 42.1. The molecule has 10 heteroatoms. The molecular weight excluding hydrogens is 817 g/mol. The molecule has 10 nitrogen and oxygen atoms in total. The van der Waals surface area contributed by atoms with Gasteiger partial charge in [-0.2, -0.15) is 0 Å². The molecule has 372 valence electrons. The number of cyclic esters (lactones) is 1. The number of esters is 1. The van der Waals surface area contributed by atoms with Crippen LogP contribution in [0.25, 0.3) is 0 Å². The van der Waals surface area contributed by atoms with Gasteiger partial charge >= 0.3 is 5.97 Å². The maximum absolute atomic E-state index is 14.0. The number of rotatable bonds is 10. The van der Waals surface area contributed by atoms with Gasteiger partial charge in [0, 0.05) is 36.4 Å². The van der Waals surface area contributed by atoms with Crippen molar-refractivity contribution in [3.8, 4) is 12.8 Å². The van der Waals surface area contributed by atoms with Crippen molar-refractivity contribution in [2.45, 2.75) is 203 Å². The van der Waals surface area contributed by atoms with E-state index in [1.54, 1.807) is 19.1 Å². The first kappa shape index (κ1) is 56.8. The summed E-state index contributed by atoms with van der Waals surface area (Å²) in [5.41, 5.74) is -2.09. The molecule has 5 N–H and O–H groups in total. The van der Waals surface area contributed by atoms with Gasteiger partial charge in [-0.25, -0.2) is 0 Å². The molecule has 1 aliphatic heterocycles. The lowest BCUT2D eigenvalue weighted by Gasteiger charge is -2.58. The van der Waals surface area contributed by atoms with E-state index >= 15 is 0 Å². The Bertz CT molecular complexity index is 1650. The van der Waals surface area contributed by atoms with Gasteiger partial charge < -0.3 is 30.5 Å². The van der Waals surface area contributed by atoms with Crippen molar-refractivity contribution in [2.24, 2.45) is 70.0 Å². The van der Waals surface area contributed by atoms with Crippen LogP contribution >= 0.6 is 0 Å². The number of ketones is 1. The fourth-order valence-electron chi connectivity index (χ4n) is 14.2. The molecule has 1 saturated heterocycles. The summed E-state index contributed by atoms with van der Waals surface area (Å²) >= 11 is 0. The van der Waals surface area contributed by atoms with Gasteiger partial charge in [-0.3, -0.25) is 19.3 Å². The largest absolute Gasteiger partial charge is 0.459 e. The fraction of sp³-hybridized carbons (Fsp3) is 0.836. The number of fused-ring (bicyclic) bond motifs is 5. The predicted molar refractivity (Wildman–Crippen MR) is 262 cm³/mol. The number of nitrogens with one attached hydrogen (secondary N) is 1. The van der Waals surface area contributed by atoms with Gasteiger partial charge in [0.2, 0.25) is 5.91 Å². The van der Waals surface area contributed by atoms with Gasteiger partial charge in [-0.1, -0.05) is 107 Å². The lowest BCUT2D eigenvalue weighted by atomic mass is 9.47. The van der Waals surface area contributed by atoms with Crippen LogP contribution in [0.1, 0.15) is 168 Å². The van der Waals surface area contributed by atoms with E-state index in [0.717, 1.165) is 56.9 Å². The smallest absolute Gasteiger partial charge is 0.309 e. The lowest BCUT2D eigenvalue weighted by molar-refractivity contribution is -0.191. The first-order valence-electron chi connectivity index (χ1n) is 25.8. The molecule has 1 heterocycles. The maximum atomic E-state index is 14.0. The predicted octanol–water partition coefficient (Wildman–Crippen LogP) is 8.93. The van der Waals surface area contributed by atoms with E-state index in [1.165, 1.54) is 0 Å². The standard InChI is InChI=1S/C51H86N2O8.C2H6.C2H2/c1-13-38-32(5)34(7)50(11,59)27-30(3)29-53(35(8)45(56)51(12,60)42(14-2)61-47(58)33(38)6)24-18-16-15-17-23-52-46(57)43-31(4)25-40-39-20-19-36-26-37(54)21-22-48(36,9)44(39)41(55)28-49(40,43)10;2*1-2/h21-22,26,30-35,38-45,55-56,59-60H,13-20,23-25,27-29H2,1-12H3,(H,52,57);1-2H3;1-2H/t30-,31-,32-,33-,34-,35?,38+,39?,40?,41?,42-,43?,44?,45?,48?,49?,50-,51-;;/m1../s1. The molecule has 0 bridgehead atoms. The minimum atomic E-state index is -1.68. The van der Waals surface area contributed by atoms with Gasteiger partial charge in [-0.15, -0.1) is 12.8 Å². The second-order valence-electron chi connectivity index (χ2n) is 22.1. The summed E-state index contributed by atoms with van der Waals surface area (Å²) in [5.74, 6) is 0.200. The van der Waals surface area contributed by atoms with Crippen LogP contribution in [0.2, 0.25) is 0 Å². The highest BCUT2D eigenvalue weighted by molar-refractivity contribution is 6.01. The summed E-state index contributed by atoms with van der Waals surface area (Å²) in [7, 11) is 0. The molecule has 0 radical (unpaired) electrons. The molecule has 3 saturated carbocycles. The van der Waals surface area contributed by atoms with E-state index in [4.69, 9.17) is 4.74 Å². The van der Waals surface area contributed by atoms with E-state index < -0.39 is 41.5 Å². The van der Waals surface area contributed by atoms with Crippen molar-refractivity contribution in [3.05, 3.63) is 23.8 Å². The van der Waals surface area contributed by atoms with Crippen molar-refractivity contribution < 1.29 is 39.5 Å². The molecule has 9 unspecified atom stereocenters. The van der Waals surface area contributed by atoms with Crippen LogP contribution in [0, 0.1) is 82.9 Å². The molecule has 0 aromatic carbocycles. The molecule has 0 spiro atoms. The zero-order valence-corrected chi connectivity index (χ0v) is 43.2. The number of ether oxygens (including phenoxy) is 1. The average molecular weight is 911 g/mol. The molecule has 4 aliphatic carbocycles. The minimum Gasteiger partial charge on any atom is -0.459 e. The molecule has 0 aromatic heterocycles. The number of aliphatic hydroxyl groups is 4. The summed E-state index contributed by atoms with van der Waals surface area (Å²) in [6.07, 6.45) is 19.6. The summed E-state index contributed by atoms with van der Waals surface area (Å²) < 4.78 is 6.03. The third kappa shape index (κ3) is 12.0. The number of aliphatic hydroxyl groups excluding tert-OH is 2. The number of hydrogen-bond donors (Lipinski definition) is 5. The number of unbranched alkanes of at least 4 members (excludes halogenated alkanes) is 3. The average Bonchev–Trinajstić information content (AvgIpc) is 3.53. The Morgan fingerprint density at radius 1 is 0.923 bits per heavy atom. The van der Waals surface area contributed by atoms with Crippen LogP contribution in [-0.2, 0) is 19.1 Å². The SMILES string of the molecule is C#C.CC.CC[C@H]1[C@H](C)[C@@H](C)[C@](C)(O)C[C@@H](C)CN(CCCCCCNC(=O)C2[C@H](C)CC3C4CCC5=CC(=O)C=CC5(C)C4C(O)CC32C)C(C)C(O)[C@](C)(O)[C@@H](CC)OC(=O)[C@@H]1C. The van der Waals surface area contributed by atoms with Crippen LogP contribution in [0.3, 0.4) is 0 Å². The van der Waals surface area contributed by atoms with Crippen molar-refractivity contribution in [2.75, 3.05) is 19.6 Å². The molecule has 18 atom stereocenters. The highest BCUT2D eigenvalue weighted by atomic mass is 16.6. The third-order valence-electron chi connectivity index (χ3n) is 17.9. The second-order valence-corrected chi connectivity index (χ2v) is 22.1. The van der Waals surface area contributed by atoms with Gasteiger partial charge in [0.15, 0.2) is 5.78 Å². The minimum absolute atomic E-state index is 0.0110. The molecule has 4 fully saturated rings. The van der Waals surface area contributed by atoms with E-state index in [1.807, 2.05) is 47.6 Å². The van der Waals surface area contributed by atoms with Gasteiger partial charge in [0.1, 0.15) is 17.8 Å². The van der Waals surface area contributed by atoms with Crippen LogP contribution in [0.4, 0.5) is 0 Å². The van der Waals surface area contributed by atoms with E-state index in [9.17, 15) is 34.8 Å². The normalized spacial score (nSPS) is 43.6. The number of nitrogens with zero attached hydrogens (tertiary/aromatic N) is 1. The maximum Gasteiger partial charge on any atom is 0.309 e. The number of carbonyl (C=O) groups is 3. The summed E-state index contributed by atoms with van der Waals surface area (Å²) in [5, 5.41) is 50.7. The zero-order valence-electron chi connectivity index (χ0n) is 43.2. The van der Waals surface area contributed by atoms with E-state index in [2.05, 4.69) is 71.5 Å². The van der Waals surface area contributed by atoms with Crippen molar-refractivity contribution in [1.29, 1.82) is 0 Å². The van der Waals surface area contributed by atoms with Crippen LogP contribution in [0.5, 0.6) is 0 Å². The molecule has 1 amide bonds. The summed E-state index contributed by atoms with van der Waals surface area (Å²) in [6.45, 7) is 30.2. The number of hydrogen-bond acceptors (Lipinski definition) is 9. The van der Waals surface area contributed by atoms with Crippen molar-refractivity contribution in [3.63, 3.8) is 0 Å². The second kappa shape index (κ2) is 23.6. The van der Waals surface area contributed by atoms with Crippen molar-refractivity contribution >= 4 is 17.7 Å². The third-order valence-corrected chi connectivity index (χ3v) is 17.9. The van der Waals surface area contributed by atoms with E-state index in [-0.39, 0.29) is 69.9 Å². The summed E-state index contributed by atoms with van der Waals surface area (Å²) in [6, 6.07) is -0.442. The monoisotopic (exact) mass is 911 g/mol. The van der Waals surface area contributed by atoms with Gasteiger partial charge in [0.25, 0.3) is 0 Å². The Labute approximate surface area is 395 Å². The van der Waals surface area contributed by atoms with Gasteiger partial charge in [0.05, 0.1) is 17.6 Å². The fourth-order valence-corrected chi connectivity index (χ4v) is 14.2. The zero-order chi connectivity index (χ0) is 49.4. The molecule has 5 rings (SSSR count). The molecular formula is C55H94N2O8. The Morgan fingerprint density at radius 2 is 1.55 bits per heavy atom. The first-order chi connectivity index (χ1) is 30.5. The van der Waals surface area contributed by atoms with Crippen LogP contribution in [0.15, 0.2) is 23.8 Å². The van der Waals surface area contributed by atoms with Crippen LogP contribution in [-0.4, -0.2) is 98.2 Å². The van der Waals surface area contributed by atoms with Crippen LogP contribution < -0.4 is 5.32 Å². The number of allylic oxidation sites excluding steroid dienone is 4. The number of terminal acetylenes is 1. The Hall–Kier alpha value is -2.55. The lowest BCUT2D eigenvalue weighted by Crippen LogP contribution is -2.59. The first-order valence-corrected chi connectivity index (χ1v) is 25.8. The Morgan fingerprint density at radius 3 is 2.17 bits per heavy atom.